The SMILES string of the molecule is CCOC(=O)CC(C)(C)CCC1CC(c2ccccc2)C1. The number of carbonyl (C=O) groups excluding carboxylic acids is 1. The molecule has 1 aromatic rings. The van der Waals surface area contributed by atoms with Crippen LogP contribution in [0.1, 0.15) is 64.4 Å². The van der Waals surface area contributed by atoms with E-state index in [0.29, 0.717) is 13.0 Å². The molecule has 2 nitrogen and oxygen atoms in total. The van der Waals surface area contributed by atoms with Gasteiger partial charge in [0.2, 0.25) is 0 Å². The fraction of sp³-hybridized carbons (Fsp3) is 0.632. The fourth-order valence-electron chi connectivity index (χ4n) is 3.25. The van der Waals surface area contributed by atoms with Crippen molar-refractivity contribution in [2.75, 3.05) is 6.61 Å². The molecule has 0 heterocycles. The van der Waals surface area contributed by atoms with Crippen molar-refractivity contribution in [3.8, 4) is 0 Å². The average Bonchev–Trinajstić information content (AvgIpc) is 2.37. The number of hydrogen-bond donors (Lipinski definition) is 0. The summed E-state index contributed by atoms with van der Waals surface area (Å²) in [6.45, 7) is 6.70. The van der Waals surface area contributed by atoms with Gasteiger partial charge in [-0.15, -0.1) is 0 Å². The highest BCUT2D eigenvalue weighted by Crippen LogP contribution is 2.45. The molecule has 0 N–H and O–H groups in total. The lowest BCUT2D eigenvalue weighted by molar-refractivity contribution is -0.145. The first-order valence-corrected chi connectivity index (χ1v) is 8.21. The summed E-state index contributed by atoms with van der Waals surface area (Å²) >= 11 is 0. The minimum absolute atomic E-state index is 0.0572. The average molecular weight is 288 g/mol. The van der Waals surface area contributed by atoms with Gasteiger partial charge in [-0.25, -0.2) is 0 Å². The van der Waals surface area contributed by atoms with Gasteiger partial charge in [0.15, 0.2) is 0 Å². The lowest BCUT2D eigenvalue weighted by Gasteiger charge is -2.37. The summed E-state index contributed by atoms with van der Waals surface area (Å²) in [5.74, 6) is 1.53. The summed E-state index contributed by atoms with van der Waals surface area (Å²) in [6.07, 6.45) is 5.49. The molecule has 0 radical (unpaired) electrons. The van der Waals surface area contributed by atoms with Crippen molar-refractivity contribution in [2.45, 2.75) is 58.8 Å². The highest BCUT2D eigenvalue weighted by atomic mass is 16.5. The maximum absolute atomic E-state index is 11.6. The van der Waals surface area contributed by atoms with Crippen molar-refractivity contribution in [1.29, 1.82) is 0 Å². The molecule has 0 saturated heterocycles. The Morgan fingerprint density at radius 1 is 1.24 bits per heavy atom. The predicted octanol–water partition coefficient (Wildman–Crippen LogP) is 4.94. The second-order valence-corrected chi connectivity index (χ2v) is 7.13. The molecule has 0 unspecified atom stereocenters. The Morgan fingerprint density at radius 2 is 1.90 bits per heavy atom. The monoisotopic (exact) mass is 288 g/mol. The maximum atomic E-state index is 11.6. The number of hydrogen-bond acceptors (Lipinski definition) is 2. The molecule has 2 rings (SSSR count). The molecule has 1 saturated carbocycles. The number of ether oxygens (including phenoxy) is 1. The van der Waals surface area contributed by atoms with Crippen molar-refractivity contribution in [2.24, 2.45) is 11.3 Å². The summed E-state index contributed by atoms with van der Waals surface area (Å²) in [7, 11) is 0. The summed E-state index contributed by atoms with van der Waals surface area (Å²) in [5.41, 5.74) is 1.55. The van der Waals surface area contributed by atoms with Crippen LogP contribution in [0, 0.1) is 11.3 Å². The molecule has 1 aromatic carbocycles. The van der Waals surface area contributed by atoms with Crippen molar-refractivity contribution in [3.63, 3.8) is 0 Å². The fourth-order valence-corrected chi connectivity index (χ4v) is 3.25. The Morgan fingerprint density at radius 3 is 2.52 bits per heavy atom. The van der Waals surface area contributed by atoms with Gasteiger partial charge in [-0.05, 0) is 55.4 Å². The number of benzene rings is 1. The van der Waals surface area contributed by atoms with Gasteiger partial charge in [0, 0.05) is 0 Å². The first-order chi connectivity index (χ1) is 10.00. The Kier molecular flexibility index (Phi) is 5.44. The Balaban J connectivity index is 1.69. The molecule has 0 amide bonds. The second kappa shape index (κ2) is 7.11. The molecular formula is C19H28O2. The predicted molar refractivity (Wildman–Crippen MR) is 86.2 cm³/mol. The number of rotatable bonds is 7. The first-order valence-electron chi connectivity index (χ1n) is 8.21. The van der Waals surface area contributed by atoms with Gasteiger partial charge in [-0.1, -0.05) is 44.2 Å². The smallest absolute Gasteiger partial charge is 0.306 e. The quantitative estimate of drug-likeness (QED) is 0.664. The third-order valence-corrected chi connectivity index (χ3v) is 4.66. The van der Waals surface area contributed by atoms with E-state index in [1.54, 1.807) is 0 Å². The first kappa shape index (κ1) is 16.1. The van der Waals surface area contributed by atoms with Crippen molar-refractivity contribution in [3.05, 3.63) is 35.9 Å². The largest absolute Gasteiger partial charge is 0.466 e. The van der Waals surface area contributed by atoms with E-state index in [9.17, 15) is 4.79 Å². The van der Waals surface area contributed by atoms with Crippen LogP contribution in [0.25, 0.3) is 0 Å². The van der Waals surface area contributed by atoms with Crippen LogP contribution in [0.3, 0.4) is 0 Å². The lowest BCUT2D eigenvalue weighted by Crippen LogP contribution is -2.25. The zero-order valence-electron chi connectivity index (χ0n) is 13.6. The normalized spacial score (nSPS) is 21.7. The highest BCUT2D eigenvalue weighted by molar-refractivity contribution is 5.70. The van der Waals surface area contributed by atoms with E-state index in [0.717, 1.165) is 18.3 Å². The van der Waals surface area contributed by atoms with Crippen molar-refractivity contribution in [1.82, 2.24) is 0 Å². The molecule has 21 heavy (non-hydrogen) atoms. The van der Waals surface area contributed by atoms with Gasteiger partial charge in [-0.2, -0.15) is 0 Å². The van der Waals surface area contributed by atoms with Crippen LogP contribution >= 0.6 is 0 Å². The summed E-state index contributed by atoms with van der Waals surface area (Å²) < 4.78 is 5.06. The van der Waals surface area contributed by atoms with Crippen LogP contribution in [-0.4, -0.2) is 12.6 Å². The number of carbonyl (C=O) groups is 1. The van der Waals surface area contributed by atoms with Gasteiger partial charge in [0.25, 0.3) is 0 Å². The van der Waals surface area contributed by atoms with E-state index in [1.165, 1.54) is 24.8 Å². The van der Waals surface area contributed by atoms with E-state index in [4.69, 9.17) is 4.74 Å². The van der Waals surface area contributed by atoms with Crippen LogP contribution in [0.5, 0.6) is 0 Å². The van der Waals surface area contributed by atoms with Gasteiger partial charge in [0.05, 0.1) is 13.0 Å². The molecule has 1 aliphatic rings. The van der Waals surface area contributed by atoms with Gasteiger partial charge in [0.1, 0.15) is 0 Å². The molecule has 1 aliphatic carbocycles. The molecule has 1 fully saturated rings. The van der Waals surface area contributed by atoms with Gasteiger partial charge < -0.3 is 4.74 Å². The summed E-state index contributed by atoms with van der Waals surface area (Å²) in [6, 6.07) is 10.8. The van der Waals surface area contributed by atoms with Crippen molar-refractivity contribution >= 4 is 5.97 Å². The van der Waals surface area contributed by atoms with Gasteiger partial charge in [-0.3, -0.25) is 4.79 Å². The summed E-state index contributed by atoms with van der Waals surface area (Å²) in [5, 5.41) is 0. The van der Waals surface area contributed by atoms with Crippen molar-refractivity contribution < 1.29 is 9.53 Å². The minimum Gasteiger partial charge on any atom is -0.466 e. The molecule has 0 aromatic heterocycles. The molecule has 0 spiro atoms. The maximum Gasteiger partial charge on any atom is 0.306 e. The third-order valence-electron chi connectivity index (χ3n) is 4.66. The molecule has 116 valence electrons. The zero-order valence-corrected chi connectivity index (χ0v) is 13.6. The van der Waals surface area contributed by atoms with E-state index >= 15 is 0 Å². The van der Waals surface area contributed by atoms with E-state index in [1.807, 2.05) is 6.92 Å². The van der Waals surface area contributed by atoms with E-state index < -0.39 is 0 Å². The van der Waals surface area contributed by atoms with Crippen LogP contribution < -0.4 is 0 Å². The van der Waals surface area contributed by atoms with Crippen LogP contribution in [0.15, 0.2) is 30.3 Å². The molecule has 0 atom stereocenters. The highest BCUT2D eigenvalue weighted by Gasteiger charge is 2.32. The van der Waals surface area contributed by atoms with Crippen LogP contribution in [0.2, 0.25) is 0 Å². The van der Waals surface area contributed by atoms with Crippen LogP contribution in [0.4, 0.5) is 0 Å². The number of esters is 1. The second-order valence-electron chi connectivity index (χ2n) is 7.13. The topological polar surface area (TPSA) is 26.3 Å². The molecule has 0 aliphatic heterocycles. The molecule has 0 bridgehead atoms. The van der Waals surface area contributed by atoms with Gasteiger partial charge >= 0.3 is 5.97 Å². The Labute approximate surface area is 128 Å². The summed E-state index contributed by atoms with van der Waals surface area (Å²) in [4.78, 5) is 11.6. The lowest BCUT2D eigenvalue weighted by atomic mass is 9.68. The molecular weight excluding hydrogens is 260 g/mol. The van der Waals surface area contributed by atoms with E-state index in [2.05, 4.69) is 44.2 Å². The standard InChI is InChI=1S/C19H28O2/c1-4-21-18(20)14-19(2,3)11-10-15-12-17(13-15)16-8-6-5-7-9-16/h5-9,15,17H,4,10-14H2,1-3H3. The molecule has 2 heteroatoms. The minimum atomic E-state index is -0.0572. The van der Waals surface area contributed by atoms with E-state index in [-0.39, 0.29) is 11.4 Å². The van der Waals surface area contributed by atoms with Crippen LogP contribution in [-0.2, 0) is 9.53 Å². The third kappa shape index (κ3) is 4.87. The Hall–Kier alpha value is -1.31. The Bertz CT molecular complexity index is 444. The zero-order chi connectivity index (χ0) is 15.3.